The molecule has 2 aromatic heterocycles. The molecule has 0 atom stereocenters. The molecule has 7 heteroatoms. The topological polar surface area (TPSA) is 105 Å². The van der Waals surface area contributed by atoms with Gasteiger partial charge in [-0.05, 0) is 43.7 Å². The van der Waals surface area contributed by atoms with Crippen molar-refractivity contribution in [2.45, 2.75) is 19.8 Å². The molecule has 2 heterocycles. The van der Waals surface area contributed by atoms with Crippen molar-refractivity contribution >= 4 is 0 Å². The predicted molar refractivity (Wildman–Crippen MR) is 105 cm³/mol. The van der Waals surface area contributed by atoms with Crippen molar-refractivity contribution < 1.29 is 15.3 Å². The number of phenols is 1. The van der Waals surface area contributed by atoms with Crippen molar-refractivity contribution in [1.29, 1.82) is 0 Å². The molecule has 0 aliphatic rings. The molecule has 1 aromatic carbocycles. The first-order valence-electron chi connectivity index (χ1n) is 8.71. The average Bonchev–Trinajstić information content (AvgIpc) is 2.63. The van der Waals surface area contributed by atoms with E-state index in [-0.39, 0.29) is 28.4 Å². The summed E-state index contributed by atoms with van der Waals surface area (Å²) in [5.41, 5.74) is 0.405. The molecule has 0 fully saturated rings. The van der Waals surface area contributed by atoms with Crippen LogP contribution in [0.1, 0.15) is 34.0 Å². The number of benzene rings is 1. The van der Waals surface area contributed by atoms with Gasteiger partial charge in [-0.3, -0.25) is 9.59 Å². The van der Waals surface area contributed by atoms with Crippen LogP contribution in [0, 0.1) is 13.8 Å². The van der Waals surface area contributed by atoms with Crippen molar-refractivity contribution in [3.8, 4) is 17.2 Å². The summed E-state index contributed by atoms with van der Waals surface area (Å²) in [4.78, 5) is 26.0. The van der Waals surface area contributed by atoms with Gasteiger partial charge in [0.15, 0.2) is 0 Å². The molecule has 0 aliphatic carbocycles. The molecular weight excluding hydrogens is 360 g/mol. The highest BCUT2D eigenvalue weighted by Crippen LogP contribution is 2.38. The van der Waals surface area contributed by atoms with Gasteiger partial charge in [-0.2, -0.15) is 0 Å². The highest BCUT2D eigenvalue weighted by molar-refractivity contribution is 5.52. The average molecular weight is 382 g/mol. The Morgan fingerprint density at radius 1 is 0.786 bits per heavy atom. The SMILES string of the molecule is Cc1cc(O)c(C(c2cccc(O)c2)c2c(O)cc(C)n(C)c2=O)c(=O)n1C. The van der Waals surface area contributed by atoms with Gasteiger partial charge in [0.25, 0.3) is 11.1 Å². The number of hydrogen-bond acceptors (Lipinski definition) is 5. The molecule has 3 aromatic rings. The van der Waals surface area contributed by atoms with E-state index >= 15 is 0 Å². The van der Waals surface area contributed by atoms with E-state index in [1.54, 1.807) is 40.1 Å². The highest BCUT2D eigenvalue weighted by Gasteiger charge is 2.30. The molecule has 3 N–H and O–H groups in total. The Morgan fingerprint density at radius 3 is 1.68 bits per heavy atom. The number of hydrogen-bond donors (Lipinski definition) is 3. The van der Waals surface area contributed by atoms with Crippen LogP contribution >= 0.6 is 0 Å². The van der Waals surface area contributed by atoms with E-state index in [4.69, 9.17) is 0 Å². The molecule has 7 nitrogen and oxygen atoms in total. The molecule has 0 radical (unpaired) electrons. The van der Waals surface area contributed by atoms with Gasteiger partial charge >= 0.3 is 0 Å². The zero-order valence-electron chi connectivity index (χ0n) is 16.1. The molecule has 3 rings (SSSR count). The molecule has 0 saturated heterocycles. The van der Waals surface area contributed by atoms with Crippen LogP contribution < -0.4 is 11.1 Å². The van der Waals surface area contributed by atoms with Gasteiger partial charge in [-0.25, -0.2) is 0 Å². The number of rotatable bonds is 3. The first-order chi connectivity index (χ1) is 13.1. The van der Waals surface area contributed by atoms with E-state index in [9.17, 15) is 24.9 Å². The van der Waals surface area contributed by atoms with E-state index in [1.807, 2.05) is 0 Å². The molecular formula is C21H22N2O5. The zero-order valence-corrected chi connectivity index (χ0v) is 16.1. The van der Waals surface area contributed by atoms with Crippen LogP contribution in [0.15, 0.2) is 46.0 Å². The van der Waals surface area contributed by atoms with Crippen LogP contribution in [-0.2, 0) is 14.1 Å². The fraction of sp³-hybridized carbons (Fsp3) is 0.238. The molecule has 0 amide bonds. The number of aromatic hydroxyl groups is 3. The fourth-order valence-electron chi connectivity index (χ4n) is 3.37. The van der Waals surface area contributed by atoms with Gasteiger partial charge in [-0.15, -0.1) is 0 Å². The van der Waals surface area contributed by atoms with Crippen LogP contribution in [0.4, 0.5) is 0 Å². The van der Waals surface area contributed by atoms with Gasteiger partial charge < -0.3 is 24.5 Å². The van der Waals surface area contributed by atoms with Gasteiger partial charge in [0.1, 0.15) is 17.2 Å². The maximum absolute atomic E-state index is 13.0. The van der Waals surface area contributed by atoms with E-state index < -0.39 is 17.0 Å². The van der Waals surface area contributed by atoms with Gasteiger partial charge in [0, 0.05) is 25.5 Å². The van der Waals surface area contributed by atoms with E-state index in [1.165, 1.54) is 33.4 Å². The van der Waals surface area contributed by atoms with Gasteiger partial charge in [-0.1, -0.05) is 12.1 Å². The summed E-state index contributed by atoms with van der Waals surface area (Å²) in [6, 6.07) is 8.93. The molecule has 28 heavy (non-hydrogen) atoms. The Balaban J connectivity index is 2.48. The van der Waals surface area contributed by atoms with Crippen molar-refractivity contribution in [3.63, 3.8) is 0 Å². The largest absolute Gasteiger partial charge is 0.508 e. The monoisotopic (exact) mass is 382 g/mol. The smallest absolute Gasteiger partial charge is 0.258 e. The lowest BCUT2D eigenvalue weighted by atomic mass is 9.84. The van der Waals surface area contributed by atoms with Crippen LogP contribution in [-0.4, -0.2) is 24.5 Å². The third-order valence-corrected chi connectivity index (χ3v) is 5.15. The summed E-state index contributed by atoms with van der Waals surface area (Å²) in [5.74, 6) is -1.69. The fourth-order valence-corrected chi connectivity index (χ4v) is 3.37. The second-order valence-electron chi connectivity index (χ2n) is 6.93. The van der Waals surface area contributed by atoms with Crippen molar-refractivity contribution in [2.75, 3.05) is 0 Å². The Labute approximate surface area is 161 Å². The number of nitrogens with zero attached hydrogens (tertiary/aromatic N) is 2. The molecule has 0 unspecified atom stereocenters. The van der Waals surface area contributed by atoms with E-state index in [2.05, 4.69) is 0 Å². The standard InChI is InChI=1S/C21H22N2O5/c1-11-8-15(25)18(20(27)22(11)3)17(13-6-5-7-14(24)10-13)19-16(26)9-12(2)23(4)21(19)28/h5-10,17,24-26H,1-4H3. The van der Waals surface area contributed by atoms with Gasteiger partial charge in [0.2, 0.25) is 0 Å². The number of phenolic OH excluding ortho intramolecular Hbond substituents is 1. The zero-order chi connectivity index (χ0) is 20.7. The Hall–Kier alpha value is -3.48. The third kappa shape index (κ3) is 3.05. The van der Waals surface area contributed by atoms with E-state index in [0.717, 1.165) is 0 Å². The second kappa shape index (κ2) is 6.92. The Kier molecular flexibility index (Phi) is 4.77. The second-order valence-corrected chi connectivity index (χ2v) is 6.93. The minimum atomic E-state index is -1.06. The lowest BCUT2D eigenvalue weighted by Gasteiger charge is -2.22. The summed E-state index contributed by atoms with van der Waals surface area (Å²) in [5, 5.41) is 31.1. The number of pyridine rings is 2. The van der Waals surface area contributed by atoms with E-state index in [0.29, 0.717) is 17.0 Å². The quantitative estimate of drug-likeness (QED) is 0.643. The molecule has 146 valence electrons. The maximum Gasteiger partial charge on any atom is 0.258 e. The Bertz CT molecular complexity index is 1120. The van der Waals surface area contributed by atoms with Gasteiger partial charge in [0.05, 0.1) is 17.0 Å². The van der Waals surface area contributed by atoms with Crippen molar-refractivity contribution in [3.05, 3.63) is 85.2 Å². The lowest BCUT2D eigenvalue weighted by Crippen LogP contribution is -2.30. The first kappa shape index (κ1) is 19.3. The summed E-state index contributed by atoms with van der Waals surface area (Å²) in [7, 11) is 3.13. The van der Waals surface area contributed by atoms with Crippen molar-refractivity contribution in [2.24, 2.45) is 14.1 Å². The number of aryl methyl sites for hydroxylation is 2. The minimum Gasteiger partial charge on any atom is -0.508 e. The van der Waals surface area contributed by atoms with Crippen molar-refractivity contribution in [1.82, 2.24) is 9.13 Å². The van der Waals surface area contributed by atoms with Crippen LogP contribution in [0.3, 0.4) is 0 Å². The summed E-state index contributed by atoms with van der Waals surface area (Å²) < 4.78 is 2.72. The van der Waals surface area contributed by atoms with Crippen LogP contribution in [0.2, 0.25) is 0 Å². The molecule has 0 bridgehead atoms. The summed E-state index contributed by atoms with van der Waals surface area (Å²) in [6.45, 7) is 3.35. The predicted octanol–water partition coefficient (Wildman–Crippen LogP) is 2.00. The molecule has 0 aliphatic heterocycles. The summed E-state index contributed by atoms with van der Waals surface area (Å²) in [6.07, 6.45) is 0. The lowest BCUT2D eigenvalue weighted by molar-refractivity contribution is 0.450. The van der Waals surface area contributed by atoms with Crippen LogP contribution in [0.25, 0.3) is 0 Å². The first-order valence-corrected chi connectivity index (χ1v) is 8.71. The molecule has 0 saturated carbocycles. The minimum absolute atomic E-state index is 0.0463. The highest BCUT2D eigenvalue weighted by atomic mass is 16.3. The normalized spacial score (nSPS) is 11.2. The number of aromatic nitrogens is 2. The summed E-state index contributed by atoms with van der Waals surface area (Å²) >= 11 is 0. The Morgan fingerprint density at radius 2 is 1.25 bits per heavy atom. The molecule has 0 spiro atoms. The van der Waals surface area contributed by atoms with Crippen LogP contribution in [0.5, 0.6) is 17.2 Å². The third-order valence-electron chi connectivity index (χ3n) is 5.15. The maximum atomic E-state index is 13.0.